The third-order valence-corrected chi connectivity index (χ3v) is 7.19. The summed E-state index contributed by atoms with van der Waals surface area (Å²) in [4.78, 5) is 4.96. The second-order valence-electron chi connectivity index (χ2n) is 8.49. The minimum atomic E-state index is -0.0206. The summed E-state index contributed by atoms with van der Waals surface area (Å²) in [5.41, 5.74) is 5.11. The van der Waals surface area contributed by atoms with E-state index in [4.69, 9.17) is 29.0 Å². The van der Waals surface area contributed by atoms with Gasteiger partial charge >= 0.3 is 0 Å². The molecule has 0 bridgehead atoms. The quantitative estimate of drug-likeness (QED) is 0.326. The second-order valence-corrected chi connectivity index (χ2v) is 9.32. The Morgan fingerprint density at radius 2 is 1.50 bits per heavy atom. The molecule has 36 heavy (non-hydrogen) atoms. The lowest BCUT2D eigenvalue weighted by Crippen LogP contribution is -2.20. The largest absolute Gasteiger partial charge is 0.497 e. The van der Waals surface area contributed by atoms with Crippen molar-refractivity contribution in [1.82, 2.24) is 4.98 Å². The fourth-order valence-electron chi connectivity index (χ4n) is 4.44. The van der Waals surface area contributed by atoms with Crippen LogP contribution in [-0.4, -0.2) is 38.1 Å². The van der Waals surface area contributed by atoms with Crippen molar-refractivity contribution in [2.24, 2.45) is 5.10 Å². The normalized spacial score (nSPS) is 16.6. The molecular formula is C28H25N3O4S. The van der Waals surface area contributed by atoms with E-state index in [1.807, 2.05) is 59.6 Å². The number of hydrazone groups is 1. The van der Waals surface area contributed by atoms with Gasteiger partial charge in [-0.2, -0.15) is 5.10 Å². The molecule has 182 valence electrons. The van der Waals surface area contributed by atoms with E-state index in [2.05, 4.69) is 17.5 Å². The number of benzene rings is 3. The number of anilines is 1. The Balaban J connectivity index is 1.36. The van der Waals surface area contributed by atoms with Crippen molar-refractivity contribution in [2.45, 2.75) is 12.5 Å². The van der Waals surface area contributed by atoms with E-state index in [1.54, 1.807) is 25.6 Å². The Morgan fingerprint density at radius 1 is 0.833 bits per heavy atom. The molecule has 8 heteroatoms. The van der Waals surface area contributed by atoms with Crippen molar-refractivity contribution in [3.05, 3.63) is 83.2 Å². The average molecular weight is 500 g/mol. The number of fused-ring (bicyclic) bond motifs is 1. The number of rotatable bonds is 6. The van der Waals surface area contributed by atoms with E-state index in [0.29, 0.717) is 13.2 Å². The number of hydrogen-bond acceptors (Lipinski definition) is 8. The van der Waals surface area contributed by atoms with Gasteiger partial charge in [0.05, 0.1) is 31.7 Å². The third kappa shape index (κ3) is 4.24. The van der Waals surface area contributed by atoms with Gasteiger partial charge in [0, 0.05) is 17.4 Å². The first-order valence-electron chi connectivity index (χ1n) is 11.7. The van der Waals surface area contributed by atoms with Gasteiger partial charge in [0.2, 0.25) is 5.13 Å². The molecule has 2 aliphatic rings. The zero-order valence-corrected chi connectivity index (χ0v) is 20.8. The van der Waals surface area contributed by atoms with Crippen molar-refractivity contribution in [3.63, 3.8) is 0 Å². The first-order valence-corrected chi connectivity index (χ1v) is 12.6. The molecule has 0 fully saturated rings. The molecule has 6 rings (SSSR count). The molecular weight excluding hydrogens is 474 g/mol. The SMILES string of the molecule is COc1ccc(C2=NN(c3nc(-c4ccc(OC)cc4)cs3)C(c3ccc4c(c3)OCCO4)C2)cc1. The molecule has 1 atom stereocenters. The van der Waals surface area contributed by atoms with Crippen LogP contribution in [0.2, 0.25) is 0 Å². The van der Waals surface area contributed by atoms with Gasteiger partial charge in [-0.25, -0.2) is 9.99 Å². The van der Waals surface area contributed by atoms with Gasteiger partial charge < -0.3 is 18.9 Å². The number of hydrogen-bond donors (Lipinski definition) is 0. The number of methoxy groups -OCH3 is 2. The van der Waals surface area contributed by atoms with Crippen LogP contribution in [0.15, 0.2) is 77.2 Å². The molecule has 0 spiro atoms. The molecule has 7 nitrogen and oxygen atoms in total. The van der Waals surface area contributed by atoms with Crippen LogP contribution in [0.3, 0.4) is 0 Å². The maximum atomic E-state index is 5.86. The van der Waals surface area contributed by atoms with E-state index in [1.165, 1.54) is 0 Å². The lowest BCUT2D eigenvalue weighted by Gasteiger charge is -2.24. The maximum Gasteiger partial charge on any atom is 0.207 e. The van der Waals surface area contributed by atoms with Gasteiger partial charge in [0.1, 0.15) is 24.7 Å². The van der Waals surface area contributed by atoms with E-state index in [-0.39, 0.29) is 6.04 Å². The van der Waals surface area contributed by atoms with Crippen molar-refractivity contribution in [1.29, 1.82) is 0 Å². The molecule has 4 aromatic rings. The van der Waals surface area contributed by atoms with Crippen molar-refractivity contribution in [2.75, 3.05) is 32.4 Å². The van der Waals surface area contributed by atoms with Crippen LogP contribution in [0.5, 0.6) is 23.0 Å². The predicted octanol–water partition coefficient (Wildman–Crippen LogP) is 5.95. The van der Waals surface area contributed by atoms with Crippen molar-refractivity contribution >= 4 is 22.2 Å². The fourth-order valence-corrected chi connectivity index (χ4v) is 5.27. The highest BCUT2D eigenvalue weighted by Gasteiger charge is 2.32. The molecule has 0 radical (unpaired) electrons. The Labute approximate surface area is 213 Å². The molecule has 0 aliphatic carbocycles. The summed E-state index contributed by atoms with van der Waals surface area (Å²) < 4.78 is 22.2. The molecule has 0 amide bonds. The van der Waals surface area contributed by atoms with Crippen LogP contribution in [0.4, 0.5) is 5.13 Å². The zero-order chi connectivity index (χ0) is 24.5. The standard InChI is InChI=1S/C28H25N3O4S/c1-32-21-8-3-18(4-9-21)23-16-25(20-7-12-26-27(15-20)35-14-13-34-26)31(30-23)28-29-24(17-36-28)19-5-10-22(33-2)11-6-19/h3-12,15,17,25H,13-14,16H2,1-2H3. The minimum Gasteiger partial charge on any atom is -0.497 e. The summed E-state index contributed by atoms with van der Waals surface area (Å²) in [5.74, 6) is 3.19. The van der Waals surface area contributed by atoms with Crippen LogP contribution >= 0.6 is 11.3 Å². The third-order valence-electron chi connectivity index (χ3n) is 6.36. The Morgan fingerprint density at radius 3 is 2.19 bits per heavy atom. The first kappa shape index (κ1) is 22.4. The van der Waals surface area contributed by atoms with E-state index in [9.17, 15) is 0 Å². The van der Waals surface area contributed by atoms with Gasteiger partial charge in [-0.1, -0.05) is 6.07 Å². The summed E-state index contributed by atoms with van der Waals surface area (Å²) in [6.45, 7) is 1.12. The smallest absolute Gasteiger partial charge is 0.207 e. The molecule has 2 aliphatic heterocycles. The molecule has 3 aromatic carbocycles. The van der Waals surface area contributed by atoms with Gasteiger partial charge in [-0.15, -0.1) is 11.3 Å². The molecule has 0 saturated carbocycles. The lowest BCUT2D eigenvalue weighted by atomic mass is 9.98. The van der Waals surface area contributed by atoms with E-state index >= 15 is 0 Å². The second kappa shape index (κ2) is 9.54. The van der Waals surface area contributed by atoms with Crippen LogP contribution in [0.1, 0.15) is 23.6 Å². The highest BCUT2D eigenvalue weighted by molar-refractivity contribution is 7.14. The summed E-state index contributed by atoms with van der Waals surface area (Å²) in [5, 5.41) is 9.99. The van der Waals surface area contributed by atoms with Crippen molar-refractivity contribution in [3.8, 4) is 34.3 Å². The Bertz CT molecular complexity index is 1400. The molecule has 0 N–H and O–H groups in total. The topological polar surface area (TPSA) is 65.4 Å². The predicted molar refractivity (Wildman–Crippen MR) is 141 cm³/mol. The number of thiazole rings is 1. The minimum absolute atomic E-state index is 0.0206. The van der Waals surface area contributed by atoms with Crippen LogP contribution in [-0.2, 0) is 0 Å². The summed E-state index contributed by atoms with van der Waals surface area (Å²) >= 11 is 1.58. The van der Waals surface area contributed by atoms with Gasteiger partial charge in [-0.05, 0) is 71.8 Å². The monoisotopic (exact) mass is 499 g/mol. The van der Waals surface area contributed by atoms with Crippen LogP contribution in [0.25, 0.3) is 11.3 Å². The van der Waals surface area contributed by atoms with Crippen LogP contribution in [0, 0.1) is 0 Å². The van der Waals surface area contributed by atoms with Crippen LogP contribution < -0.4 is 24.0 Å². The molecule has 3 heterocycles. The Hall–Kier alpha value is -4.04. The highest BCUT2D eigenvalue weighted by atomic mass is 32.1. The molecule has 0 saturated heterocycles. The first-order chi connectivity index (χ1) is 17.7. The summed E-state index contributed by atoms with van der Waals surface area (Å²) in [7, 11) is 3.34. The lowest BCUT2D eigenvalue weighted by molar-refractivity contribution is 0.171. The van der Waals surface area contributed by atoms with Crippen molar-refractivity contribution < 1.29 is 18.9 Å². The fraction of sp³-hybridized carbons (Fsp3) is 0.214. The van der Waals surface area contributed by atoms with Gasteiger partial charge in [0.25, 0.3) is 0 Å². The molecule has 1 aromatic heterocycles. The van der Waals surface area contributed by atoms with E-state index < -0.39 is 0 Å². The summed E-state index contributed by atoms with van der Waals surface area (Å²) in [6.07, 6.45) is 0.740. The molecule has 1 unspecified atom stereocenters. The van der Waals surface area contributed by atoms with E-state index in [0.717, 1.165) is 62.6 Å². The van der Waals surface area contributed by atoms with Gasteiger partial charge in [0.15, 0.2) is 11.5 Å². The number of ether oxygens (including phenoxy) is 4. The Kier molecular flexibility index (Phi) is 5.95. The average Bonchev–Trinajstić information content (AvgIpc) is 3.61. The number of nitrogens with zero attached hydrogens (tertiary/aromatic N) is 3. The maximum absolute atomic E-state index is 5.86. The summed E-state index contributed by atoms with van der Waals surface area (Å²) in [6, 6.07) is 22.1. The zero-order valence-electron chi connectivity index (χ0n) is 20.0. The number of aromatic nitrogens is 1. The highest BCUT2D eigenvalue weighted by Crippen LogP contribution is 2.42. The van der Waals surface area contributed by atoms with Gasteiger partial charge in [-0.3, -0.25) is 0 Å².